The number of hydrogen-bond acceptors (Lipinski definition) is 2. The summed E-state index contributed by atoms with van der Waals surface area (Å²) in [5.74, 6) is 0. The Morgan fingerprint density at radius 1 is 1.58 bits per heavy atom. The third-order valence-corrected chi connectivity index (χ3v) is 3.14. The molecule has 1 aromatic carbocycles. The Kier molecular flexibility index (Phi) is 3.77. The van der Waals surface area contributed by atoms with Crippen molar-refractivity contribution in [3.8, 4) is 0 Å². The zero-order valence-corrected chi connectivity index (χ0v) is 9.21. The van der Waals surface area contributed by atoms with Crippen LogP contribution in [0, 0.1) is 3.57 Å². The minimum absolute atomic E-state index is 0.0586. The Bertz CT molecular complexity index is 280. The first-order valence-corrected chi connectivity index (χ1v) is 4.92. The first kappa shape index (κ1) is 10.2. The molecule has 0 fully saturated rings. The summed E-state index contributed by atoms with van der Waals surface area (Å²) in [5.41, 5.74) is 6.47. The van der Waals surface area contributed by atoms with Gasteiger partial charge in [-0.05, 0) is 40.3 Å². The Balaban J connectivity index is 2.96. The molecule has 0 aliphatic heterocycles. The van der Waals surface area contributed by atoms with Crippen LogP contribution in [0.2, 0.25) is 5.02 Å². The van der Waals surface area contributed by atoms with Crippen LogP contribution in [-0.2, 0) is 0 Å². The zero-order valence-electron chi connectivity index (χ0n) is 6.30. The SMILES string of the molecule is N[C@H](CO)c1ccc(I)c(Cl)c1. The summed E-state index contributed by atoms with van der Waals surface area (Å²) in [6.07, 6.45) is 0. The van der Waals surface area contributed by atoms with E-state index >= 15 is 0 Å². The van der Waals surface area contributed by atoms with Gasteiger partial charge in [0.2, 0.25) is 0 Å². The summed E-state index contributed by atoms with van der Waals surface area (Å²) in [6.45, 7) is -0.0586. The maximum Gasteiger partial charge on any atom is 0.0624 e. The molecule has 0 heterocycles. The van der Waals surface area contributed by atoms with Gasteiger partial charge in [0.15, 0.2) is 0 Å². The zero-order chi connectivity index (χ0) is 9.14. The van der Waals surface area contributed by atoms with Crippen molar-refractivity contribution < 1.29 is 5.11 Å². The van der Waals surface area contributed by atoms with E-state index in [-0.39, 0.29) is 12.6 Å². The molecule has 0 aliphatic rings. The van der Waals surface area contributed by atoms with Gasteiger partial charge in [0.05, 0.1) is 17.7 Å². The second-order valence-corrected chi connectivity index (χ2v) is 4.03. The number of benzene rings is 1. The van der Waals surface area contributed by atoms with Gasteiger partial charge in [0.1, 0.15) is 0 Å². The third kappa shape index (κ3) is 2.32. The van der Waals surface area contributed by atoms with E-state index in [1.54, 1.807) is 6.07 Å². The van der Waals surface area contributed by atoms with Gasteiger partial charge in [0, 0.05) is 3.57 Å². The van der Waals surface area contributed by atoms with Gasteiger partial charge in [-0.3, -0.25) is 0 Å². The summed E-state index contributed by atoms with van der Waals surface area (Å²) in [7, 11) is 0. The minimum atomic E-state index is -0.334. The summed E-state index contributed by atoms with van der Waals surface area (Å²) in [4.78, 5) is 0. The lowest BCUT2D eigenvalue weighted by Gasteiger charge is -2.08. The molecule has 0 radical (unpaired) electrons. The van der Waals surface area contributed by atoms with Gasteiger partial charge >= 0.3 is 0 Å². The van der Waals surface area contributed by atoms with Crippen molar-refractivity contribution in [1.82, 2.24) is 0 Å². The Morgan fingerprint density at radius 2 is 2.25 bits per heavy atom. The normalized spacial score (nSPS) is 13.0. The number of aliphatic hydroxyl groups excluding tert-OH is 1. The monoisotopic (exact) mass is 297 g/mol. The molecule has 4 heteroatoms. The largest absolute Gasteiger partial charge is 0.394 e. The number of halogens is 2. The van der Waals surface area contributed by atoms with Gasteiger partial charge in [-0.2, -0.15) is 0 Å². The van der Waals surface area contributed by atoms with Gasteiger partial charge < -0.3 is 10.8 Å². The topological polar surface area (TPSA) is 46.2 Å². The Labute approximate surface area is 89.9 Å². The van der Waals surface area contributed by atoms with E-state index in [9.17, 15) is 0 Å². The predicted octanol–water partition coefficient (Wildman–Crippen LogP) is 1.94. The summed E-state index contributed by atoms with van der Waals surface area (Å²) in [6, 6.07) is 5.20. The van der Waals surface area contributed by atoms with E-state index in [1.807, 2.05) is 12.1 Å². The van der Waals surface area contributed by atoms with Gasteiger partial charge in [0.25, 0.3) is 0 Å². The highest BCUT2D eigenvalue weighted by atomic mass is 127. The molecule has 0 bridgehead atoms. The van der Waals surface area contributed by atoms with Crippen LogP contribution in [0.4, 0.5) is 0 Å². The molecular formula is C8H9ClINO. The van der Waals surface area contributed by atoms with Crippen molar-refractivity contribution >= 4 is 34.2 Å². The van der Waals surface area contributed by atoms with Crippen molar-refractivity contribution in [2.75, 3.05) is 6.61 Å². The molecule has 3 N–H and O–H groups in total. The fourth-order valence-corrected chi connectivity index (χ4v) is 1.37. The van der Waals surface area contributed by atoms with Crippen LogP contribution in [-0.4, -0.2) is 11.7 Å². The second-order valence-electron chi connectivity index (χ2n) is 2.46. The average Bonchev–Trinajstić information content (AvgIpc) is 2.08. The number of rotatable bonds is 2. The van der Waals surface area contributed by atoms with Gasteiger partial charge in [-0.25, -0.2) is 0 Å². The van der Waals surface area contributed by atoms with Gasteiger partial charge in [-0.1, -0.05) is 17.7 Å². The average molecular weight is 298 g/mol. The standard InChI is InChI=1S/C8H9ClINO/c9-6-3-5(8(11)4-12)1-2-7(6)10/h1-3,8,12H,4,11H2/t8-/m1/s1. The van der Waals surface area contributed by atoms with E-state index in [0.717, 1.165) is 9.13 Å². The molecule has 1 rings (SSSR count). The van der Waals surface area contributed by atoms with Crippen molar-refractivity contribution in [2.45, 2.75) is 6.04 Å². The molecule has 1 atom stereocenters. The molecule has 0 aliphatic carbocycles. The molecule has 0 unspecified atom stereocenters. The quantitative estimate of drug-likeness (QED) is 0.820. The second kappa shape index (κ2) is 4.41. The molecule has 12 heavy (non-hydrogen) atoms. The smallest absolute Gasteiger partial charge is 0.0624 e. The fourth-order valence-electron chi connectivity index (χ4n) is 0.848. The van der Waals surface area contributed by atoms with Crippen LogP contribution in [0.3, 0.4) is 0 Å². The first-order valence-electron chi connectivity index (χ1n) is 3.46. The lowest BCUT2D eigenvalue weighted by Crippen LogP contribution is -2.14. The molecule has 0 aromatic heterocycles. The van der Waals surface area contributed by atoms with E-state index < -0.39 is 0 Å². The molecule has 0 saturated carbocycles. The molecule has 1 aromatic rings. The Hall–Kier alpha value is 0.160. The Morgan fingerprint density at radius 3 is 2.75 bits per heavy atom. The van der Waals surface area contributed by atoms with Gasteiger partial charge in [-0.15, -0.1) is 0 Å². The van der Waals surface area contributed by atoms with Crippen molar-refractivity contribution in [1.29, 1.82) is 0 Å². The fraction of sp³-hybridized carbons (Fsp3) is 0.250. The van der Waals surface area contributed by atoms with E-state index in [4.69, 9.17) is 22.4 Å². The van der Waals surface area contributed by atoms with E-state index in [2.05, 4.69) is 22.6 Å². The third-order valence-electron chi connectivity index (χ3n) is 1.57. The van der Waals surface area contributed by atoms with Crippen LogP contribution in [0.5, 0.6) is 0 Å². The highest BCUT2D eigenvalue weighted by Crippen LogP contribution is 2.21. The van der Waals surface area contributed by atoms with Crippen LogP contribution >= 0.6 is 34.2 Å². The predicted molar refractivity (Wildman–Crippen MR) is 58.2 cm³/mol. The lowest BCUT2D eigenvalue weighted by atomic mass is 10.1. The maximum absolute atomic E-state index is 8.78. The minimum Gasteiger partial charge on any atom is -0.394 e. The molecule has 66 valence electrons. The number of hydrogen-bond donors (Lipinski definition) is 2. The summed E-state index contributed by atoms with van der Waals surface area (Å²) >= 11 is 8.01. The summed E-state index contributed by atoms with van der Waals surface area (Å²) in [5, 5.41) is 9.46. The highest BCUT2D eigenvalue weighted by Gasteiger charge is 2.05. The molecular weight excluding hydrogens is 288 g/mol. The van der Waals surface area contributed by atoms with E-state index in [1.165, 1.54) is 0 Å². The lowest BCUT2D eigenvalue weighted by molar-refractivity contribution is 0.268. The molecule has 0 saturated heterocycles. The van der Waals surface area contributed by atoms with Crippen molar-refractivity contribution in [3.05, 3.63) is 32.4 Å². The summed E-state index contributed by atoms with van der Waals surface area (Å²) < 4.78 is 0.989. The van der Waals surface area contributed by atoms with Crippen LogP contribution in [0.15, 0.2) is 18.2 Å². The van der Waals surface area contributed by atoms with Crippen LogP contribution in [0.25, 0.3) is 0 Å². The highest BCUT2D eigenvalue weighted by molar-refractivity contribution is 14.1. The molecule has 0 amide bonds. The van der Waals surface area contributed by atoms with Crippen molar-refractivity contribution in [2.24, 2.45) is 5.73 Å². The molecule has 0 spiro atoms. The molecule has 2 nitrogen and oxygen atoms in total. The van der Waals surface area contributed by atoms with Crippen LogP contribution < -0.4 is 5.73 Å². The number of nitrogens with two attached hydrogens (primary N) is 1. The first-order chi connectivity index (χ1) is 5.65. The maximum atomic E-state index is 8.78. The van der Waals surface area contributed by atoms with Crippen molar-refractivity contribution in [3.63, 3.8) is 0 Å². The van der Waals surface area contributed by atoms with E-state index in [0.29, 0.717) is 5.02 Å². The van der Waals surface area contributed by atoms with Crippen LogP contribution in [0.1, 0.15) is 11.6 Å². The number of aliphatic hydroxyl groups is 1.